The van der Waals surface area contributed by atoms with Crippen molar-refractivity contribution in [2.24, 2.45) is 0 Å². The van der Waals surface area contributed by atoms with Crippen LogP contribution < -0.4 is 10.6 Å². The topological polar surface area (TPSA) is 83.6 Å². The summed E-state index contributed by atoms with van der Waals surface area (Å²) in [5, 5.41) is 5.78. The minimum atomic E-state index is -0.277. The number of pyridine rings is 1. The van der Waals surface area contributed by atoms with Crippen LogP contribution in [0.1, 0.15) is 27.0 Å². The zero-order chi connectivity index (χ0) is 23.8. The number of ether oxygens (including phenoxy) is 1. The lowest BCUT2D eigenvalue weighted by Crippen LogP contribution is -2.35. The van der Waals surface area contributed by atoms with E-state index in [2.05, 4.69) is 20.5 Å². The van der Waals surface area contributed by atoms with Crippen molar-refractivity contribution in [2.75, 3.05) is 36.9 Å². The number of hydrogen-bond donors (Lipinski definition) is 2. The van der Waals surface area contributed by atoms with E-state index in [9.17, 15) is 9.59 Å². The third kappa shape index (κ3) is 6.60. The molecule has 0 aliphatic carbocycles. The number of benzene rings is 2. The molecule has 0 unspecified atom stereocenters. The highest BCUT2D eigenvalue weighted by Crippen LogP contribution is 2.19. The van der Waals surface area contributed by atoms with Gasteiger partial charge in [0.1, 0.15) is 0 Å². The van der Waals surface area contributed by atoms with Crippen molar-refractivity contribution in [3.05, 3.63) is 95.3 Å². The average molecular weight is 457 g/mol. The lowest BCUT2D eigenvalue weighted by molar-refractivity contribution is -0.111. The zero-order valence-corrected chi connectivity index (χ0v) is 19.2. The van der Waals surface area contributed by atoms with Gasteiger partial charge in [0, 0.05) is 55.0 Å². The van der Waals surface area contributed by atoms with Crippen LogP contribution in [0.25, 0.3) is 6.08 Å². The fourth-order valence-corrected chi connectivity index (χ4v) is 3.63. The van der Waals surface area contributed by atoms with E-state index in [1.807, 2.05) is 49.4 Å². The molecule has 4 rings (SSSR count). The maximum absolute atomic E-state index is 12.8. The Kier molecular flexibility index (Phi) is 7.80. The molecule has 1 aliphatic rings. The average Bonchev–Trinajstić information content (AvgIpc) is 2.86. The minimum Gasteiger partial charge on any atom is -0.379 e. The van der Waals surface area contributed by atoms with E-state index in [-0.39, 0.29) is 11.8 Å². The Labute approximate surface area is 199 Å². The largest absolute Gasteiger partial charge is 0.379 e. The van der Waals surface area contributed by atoms with Gasteiger partial charge in [-0.05, 0) is 60.0 Å². The number of rotatable bonds is 7. The molecule has 1 saturated heterocycles. The highest BCUT2D eigenvalue weighted by atomic mass is 16.5. The molecule has 1 aliphatic heterocycles. The molecule has 0 saturated carbocycles. The fourth-order valence-electron chi connectivity index (χ4n) is 3.63. The van der Waals surface area contributed by atoms with Crippen LogP contribution in [-0.4, -0.2) is 48.0 Å². The quantitative estimate of drug-likeness (QED) is 0.523. The van der Waals surface area contributed by atoms with Crippen molar-refractivity contribution in [3.63, 3.8) is 0 Å². The number of morpholine rings is 1. The molecule has 2 heterocycles. The van der Waals surface area contributed by atoms with Crippen LogP contribution >= 0.6 is 0 Å². The van der Waals surface area contributed by atoms with E-state index in [1.54, 1.807) is 30.6 Å². The van der Waals surface area contributed by atoms with Gasteiger partial charge in [-0.3, -0.25) is 19.5 Å². The van der Waals surface area contributed by atoms with Gasteiger partial charge < -0.3 is 15.4 Å². The Morgan fingerprint density at radius 3 is 2.59 bits per heavy atom. The number of anilines is 2. The Balaban J connectivity index is 1.36. The molecule has 7 heteroatoms. The molecule has 2 amide bonds. The number of nitrogens with one attached hydrogen (secondary N) is 2. The molecular formula is C27H28N4O3. The van der Waals surface area contributed by atoms with Gasteiger partial charge in [0.2, 0.25) is 5.91 Å². The fraction of sp³-hybridized carbons (Fsp3) is 0.222. The van der Waals surface area contributed by atoms with Crippen LogP contribution in [0.5, 0.6) is 0 Å². The number of carbonyl (C=O) groups is 2. The summed E-state index contributed by atoms with van der Waals surface area (Å²) in [5.74, 6) is -0.511. The molecule has 0 spiro atoms. The molecule has 174 valence electrons. The van der Waals surface area contributed by atoms with Crippen molar-refractivity contribution in [3.8, 4) is 0 Å². The summed E-state index contributed by atoms with van der Waals surface area (Å²) in [4.78, 5) is 31.5. The first kappa shape index (κ1) is 23.4. The zero-order valence-electron chi connectivity index (χ0n) is 19.2. The number of aromatic nitrogens is 1. The van der Waals surface area contributed by atoms with Crippen LogP contribution in [0.4, 0.5) is 11.4 Å². The molecule has 7 nitrogen and oxygen atoms in total. The van der Waals surface area contributed by atoms with Gasteiger partial charge in [0.05, 0.1) is 13.2 Å². The molecular weight excluding hydrogens is 428 g/mol. The van der Waals surface area contributed by atoms with E-state index in [0.717, 1.165) is 49.7 Å². The molecule has 0 radical (unpaired) electrons. The molecule has 1 fully saturated rings. The van der Waals surface area contributed by atoms with Gasteiger partial charge in [-0.15, -0.1) is 0 Å². The number of amides is 2. The summed E-state index contributed by atoms with van der Waals surface area (Å²) in [6.07, 6.45) is 6.49. The molecule has 2 aromatic carbocycles. The van der Waals surface area contributed by atoms with Gasteiger partial charge in [-0.1, -0.05) is 24.3 Å². The molecule has 0 atom stereocenters. The van der Waals surface area contributed by atoms with Gasteiger partial charge in [0.15, 0.2) is 0 Å². The first-order chi connectivity index (χ1) is 16.6. The van der Waals surface area contributed by atoms with Crippen LogP contribution in [0, 0.1) is 6.92 Å². The summed E-state index contributed by atoms with van der Waals surface area (Å²) in [6, 6.07) is 16.8. The van der Waals surface area contributed by atoms with E-state index in [1.165, 1.54) is 11.6 Å². The van der Waals surface area contributed by atoms with Crippen molar-refractivity contribution >= 4 is 29.3 Å². The van der Waals surface area contributed by atoms with Crippen LogP contribution in [0.2, 0.25) is 0 Å². The first-order valence-electron chi connectivity index (χ1n) is 11.3. The van der Waals surface area contributed by atoms with Crippen molar-refractivity contribution in [2.45, 2.75) is 13.5 Å². The third-order valence-corrected chi connectivity index (χ3v) is 5.59. The van der Waals surface area contributed by atoms with Gasteiger partial charge in [-0.25, -0.2) is 0 Å². The van der Waals surface area contributed by atoms with Crippen LogP contribution in [0.15, 0.2) is 73.1 Å². The summed E-state index contributed by atoms with van der Waals surface area (Å²) in [5.41, 5.74) is 4.68. The maximum Gasteiger partial charge on any atom is 0.255 e. The van der Waals surface area contributed by atoms with Crippen molar-refractivity contribution < 1.29 is 14.3 Å². The van der Waals surface area contributed by atoms with E-state index in [4.69, 9.17) is 4.74 Å². The van der Waals surface area contributed by atoms with Gasteiger partial charge in [-0.2, -0.15) is 0 Å². The highest BCUT2D eigenvalue weighted by Gasteiger charge is 2.12. The lowest BCUT2D eigenvalue weighted by atomic mass is 10.1. The van der Waals surface area contributed by atoms with Crippen LogP contribution in [-0.2, 0) is 16.1 Å². The maximum atomic E-state index is 12.8. The summed E-state index contributed by atoms with van der Waals surface area (Å²) in [7, 11) is 0. The minimum absolute atomic E-state index is 0.234. The second-order valence-corrected chi connectivity index (χ2v) is 8.18. The predicted octanol–water partition coefficient (Wildman–Crippen LogP) is 4.13. The summed E-state index contributed by atoms with van der Waals surface area (Å²) in [6.45, 7) is 6.17. The second kappa shape index (κ2) is 11.4. The van der Waals surface area contributed by atoms with Gasteiger partial charge in [0.25, 0.3) is 5.91 Å². The van der Waals surface area contributed by atoms with Gasteiger partial charge >= 0.3 is 0 Å². The molecule has 1 aromatic heterocycles. The number of nitrogens with zero attached hydrogens (tertiary/aromatic N) is 2. The van der Waals surface area contributed by atoms with Crippen molar-refractivity contribution in [1.29, 1.82) is 0 Å². The normalized spacial score (nSPS) is 14.1. The standard InChI is InChI=1S/C27H28N4O3/c1-20-4-8-23(17-25(20)30-26(32)11-7-21-3-2-12-28-18-21)27(33)29-24-9-5-22(6-10-24)19-31-13-15-34-16-14-31/h2-12,17-18H,13-16,19H2,1H3,(H,29,33)(H,30,32). The Bertz CT molecular complexity index is 1150. The first-order valence-corrected chi connectivity index (χ1v) is 11.3. The van der Waals surface area contributed by atoms with E-state index in [0.29, 0.717) is 11.3 Å². The number of carbonyl (C=O) groups excluding carboxylic acids is 2. The smallest absolute Gasteiger partial charge is 0.255 e. The van der Waals surface area contributed by atoms with E-state index < -0.39 is 0 Å². The predicted molar refractivity (Wildman–Crippen MR) is 134 cm³/mol. The second-order valence-electron chi connectivity index (χ2n) is 8.18. The SMILES string of the molecule is Cc1ccc(C(=O)Nc2ccc(CN3CCOCC3)cc2)cc1NC(=O)C=Cc1cccnc1. The van der Waals surface area contributed by atoms with Crippen LogP contribution in [0.3, 0.4) is 0 Å². The highest BCUT2D eigenvalue weighted by molar-refractivity contribution is 6.07. The molecule has 34 heavy (non-hydrogen) atoms. The monoisotopic (exact) mass is 456 g/mol. The van der Waals surface area contributed by atoms with Crippen molar-refractivity contribution in [1.82, 2.24) is 9.88 Å². The Morgan fingerprint density at radius 2 is 1.85 bits per heavy atom. The Morgan fingerprint density at radius 1 is 1.06 bits per heavy atom. The Hall–Kier alpha value is -3.81. The number of hydrogen-bond acceptors (Lipinski definition) is 5. The van der Waals surface area contributed by atoms with E-state index >= 15 is 0 Å². The molecule has 2 N–H and O–H groups in total. The molecule has 3 aromatic rings. The summed E-state index contributed by atoms with van der Waals surface area (Å²) >= 11 is 0. The molecule has 0 bridgehead atoms. The lowest BCUT2D eigenvalue weighted by Gasteiger charge is -2.26. The third-order valence-electron chi connectivity index (χ3n) is 5.59. The summed E-state index contributed by atoms with van der Waals surface area (Å²) < 4.78 is 5.39. The number of aryl methyl sites for hydroxylation is 1.